The number of nitrogens with one attached hydrogen (secondary N) is 1. The van der Waals surface area contributed by atoms with Crippen molar-refractivity contribution in [1.29, 1.82) is 5.26 Å². The lowest BCUT2D eigenvalue weighted by Gasteiger charge is -2.14. The summed E-state index contributed by atoms with van der Waals surface area (Å²) >= 11 is 0. The van der Waals surface area contributed by atoms with Crippen molar-refractivity contribution in [3.63, 3.8) is 0 Å². The van der Waals surface area contributed by atoms with Gasteiger partial charge in [-0.05, 0) is 24.3 Å². The molecule has 6 heteroatoms. The highest BCUT2D eigenvalue weighted by Gasteiger charge is 2.16. The molecule has 122 valence electrons. The number of nitrogens with zero attached hydrogens (tertiary/aromatic N) is 1. The molecular weight excluding hydrogens is 314 g/mol. The molecule has 2 aromatic rings. The highest BCUT2D eigenvalue weighted by molar-refractivity contribution is 5.92. The van der Waals surface area contributed by atoms with E-state index in [2.05, 4.69) is 5.32 Å². The molecule has 0 heterocycles. The number of hydrogen-bond donors (Lipinski definition) is 1. The zero-order chi connectivity index (χ0) is 17.5. The van der Waals surface area contributed by atoms with E-state index in [1.165, 1.54) is 13.2 Å². The summed E-state index contributed by atoms with van der Waals surface area (Å²) in [5, 5.41) is 11.7. The minimum Gasteiger partial charge on any atom is -0.496 e. The van der Waals surface area contributed by atoms with Crippen LogP contribution < -0.4 is 10.1 Å². The minimum atomic E-state index is -0.955. The van der Waals surface area contributed by atoms with E-state index in [0.717, 1.165) is 24.3 Å². The van der Waals surface area contributed by atoms with Crippen molar-refractivity contribution < 1.29 is 18.3 Å². The third-order valence-electron chi connectivity index (χ3n) is 3.27. The van der Waals surface area contributed by atoms with Gasteiger partial charge >= 0.3 is 0 Å². The van der Waals surface area contributed by atoms with Crippen LogP contribution in [0.1, 0.15) is 17.2 Å². The van der Waals surface area contributed by atoms with Gasteiger partial charge in [0.15, 0.2) is 0 Å². The third kappa shape index (κ3) is 3.96. The van der Waals surface area contributed by atoms with Crippen molar-refractivity contribution in [2.24, 2.45) is 0 Å². The number of halogens is 2. The summed E-state index contributed by atoms with van der Waals surface area (Å²) in [6.45, 7) is 0. The smallest absolute Gasteiger partial charge is 0.245 e. The van der Waals surface area contributed by atoms with Gasteiger partial charge in [0.2, 0.25) is 5.91 Å². The van der Waals surface area contributed by atoms with Crippen molar-refractivity contribution in [3.05, 3.63) is 71.3 Å². The molecule has 2 aromatic carbocycles. The molecule has 2 rings (SSSR count). The first kappa shape index (κ1) is 17.2. The van der Waals surface area contributed by atoms with Gasteiger partial charge in [-0.3, -0.25) is 4.79 Å². The van der Waals surface area contributed by atoms with Crippen LogP contribution in [-0.4, -0.2) is 13.0 Å². The number of hydrogen-bond acceptors (Lipinski definition) is 3. The highest BCUT2D eigenvalue weighted by atomic mass is 19.1. The molecule has 0 saturated carbocycles. The minimum absolute atomic E-state index is 0.321. The van der Waals surface area contributed by atoms with Crippen LogP contribution in [0, 0.1) is 23.0 Å². The molecule has 0 aliphatic rings. The van der Waals surface area contributed by atoms with E-state index in [9.17, 15) is 18.8 Å². The Balaban J connectivity index is 2.16. The second-order valence-corrected chi connectivity index (χ2v) is 4.78. The first-order chi connectivity index (χ1) is 11.6. The van der Waals surface area contributed by atoms with Crippen LogP contribution >= 0.6 is 0 Å². The van der Waals surface area contributed by atoms with Gasteiger partial charge in [-0.2, -0.15) is 5.26 Å². The number of para-hydroxylation sites is 1. The Labute approximate surface area is 138 Å². The summed E-state index contributed by atoms with van der Waals surface area (Å²) in [5.41, 5.74) is 0.166. The van der Waals surface area contributed by atoms with Crippen molar-refractivity contribution >= 4 is 12.0 Å². The zero-order valence-corrected chi connectivity index (χ0v) is 12.8. The number of carbonyl (C=O) groups is 1. The summed E-state index contributed by atoms with van der Waals surface area (Å²) in [7, 11) is 1.45. The van der Waals surface area contributed by atoms with E-state index in [-0.39, 0.29) is 5.56 Å². The monoisotopic (exact) mass is 328 g/mol. The number of ether oxygens (including phenoxy) is 1. The second kappa shape index (κ2) is 7.88. The van der Waals surface area contributed by atoms with Crippen LogP contribution in [0.4, 0.5) is 8.78 Å². The molecule has 0 aromatic heterocycles. The number of rotatable bonds is 5. The maximum atomic E-state index is 13.5. The molecule has 1 amide bonds. The summed E-state index contributed by atoms with van der Waals surface area (Å²) in [4.78, 5) is 11.9. The van der Waals surface area contributed by atoms with E-state index in [1.54, 1.807) is 24.3 Å². The van der Waals surface area contributed by atoms with E-state index in [0.29, 0.717) is 11.3 Å². The summed E-state index contributed by atoms with van der Waals surface area (Å²) in [5.74, 6) is -1.76. The maximum absolute atomic E-state index is 13.5. The molecule has 24 heavy (non-hydrogen) atoms. The van der Waals surface area contributed by atoms with Crippen LogP contribution in [0.3, 0.4) is 0 Å². The average molecular weight is 328 g/mol. The molecule has 0 spiro atoms. The lowest BCUT2D eigenvalue weighted by atomic mass is 10.1. The highest BCUT2D eigenvalue weighted by Crippen LogP contribution is 2.24. The first-order valence-electron chi connectivity index (χ1n) is 7.02. The second-order valence-electron chi connectivity index (χ2n) is 4.78. The molecule has 1 atom stereocenters. The Morgan fingerprint density at radius 2 is 1.88 bits per heavy atom. The molecule has 0 aliphatic heterocycles. The Bertz CT molecular complexity index is 793. The predicted octanol–water partition coefficient (Wildman–Crippen LogP) is 3.37. The summed E-state index contributed by atoms with van der Waals surface area (Å²) in [6.07, 6.45) is 2.00. The van der Waals surface area contributed by atoms with Crippen LogP contribution in [0.15, 0.2) is 48.5 Å². The quantitative estimate of drug-likeness (QED) is 0.856. The lowest BCUT2D eigenvalue weighted by molar-refractivity contribution is -0.116. The molecule has 0 radical (unpaired) electrons. The Morgan fingerprint density at radius 3 is 2.50 bits per heavy atom. The molecule has 0 aliphatic carbocycles. The fourth-order valence-corrected chi connectivity index (χ4v) is 2.10. The van der Waals surface area contributed by atoms with Gasteiger partial charge in [-0.15, -0.1) is 0 Å². The van der Waals surface area contributed by atoms with Gasteiger partial charge < -0.3 is 10.1 Å². The van der Waals surface area contributed by atoms with E-state index < -0.39 is 23.6 Å². The topological polar surface area (TPSA) is 62.1 Å². The summed E-state index contributed by atoms with van der Waals surface area (Å²) in [6, 6.07) is 11.2. The van der Waals surface area contributed by atoms with Crippen molar-refractivity contribution in [3.8, 4) is 11.8 Å². The number of carbonyl (C=O) groups excluding carboxylic acids is 1. The van der Waals surface area contributed by atoms with Gasteiger partial charge in [-0.25, -0.2) is 8.78 Å². The van der Waals surface area contributed by atoms with Gasteiger partial charge in [0, 0.05) is 17.2 Å². The molecule has 4 nitrogen and oxygen atoms in total. The number of methoxy groups -OCH3 is 1. The zero-order valence-electron chi connectivity index (χ0n) is 12.8. The first-order valence-corrected chi connectivity index (χ1v) is 7.02. The molecule has 0 saturated heterocycles. The molecule has 1 unspecified atom stereocenters. The number of benzene rings is 2. The Kier molecular flexibility index (Phi) is 5.63. The molecule has 1 N–H and O–H groups in total. The average Bonchev–Trinajstić information content (AvgIpc) is 2.59. The van der Waals surface area contributed by atoms with Gasteiger partial charge in [-0.1, -0.05) is 24.3 Å². The Hall–Kier alpha value is -3.20. The standard InChI is InChI=1S/C18H14F2N2O2/c1-24-17-8-3-2-5-13(17)16(11-21)22-18(23)10-9-12-14(19)6-4-7-15(12)20/h2-10,16H,1H3,(H,22,23). The number of nitriles is 1. The van der Waals surface area contributed by atoms with Crippen molar-refractivity contribution in [1.82, 2.24) is 5.32 Å². The largest absolute Gasteiger partial charge is 0.496 e. The van der Waals surface area contributed by atoms with Gasteiger partial charge in [0.25, 0.3) is 0 Å². The fourth-order valence-electron chi connectivity index (χ4n) is 2.10. The van der Waals surface area contributed by atoms with Crippen molar-refractivity contribution in [2.75, 3.05) is 7.11 Å². The maximum Gasteiger partial charge on any atom is 0.245 e. The molecule has 0 fully saturated rings. The van der Waals surface area contributed by atoms with Gasteiger partial charge in [0.1, 0.15) is 23.4 Å². The molecule has 0 bridgehead atoms. The third-order valence-corrected chi connectivity index (χ3v) is 3.27. The Morgan fingerprint density at radius 1 is 1.21 bits per heavy atom. The molecular formula is C18H14F2N2O2. The van der Waals surface area contributed by atoms with Crippen LogP contribution in [0.25, 0.3) is 6.08 Å². The van der Waals surface area contributed by atoms with Crippen LogP contribution in [-0.2, 0) is 4.79 Å². The van der Waals surface area contributed by atoms with Crippen LogP contribution in [0.2, 0.25) is 0 Å². The van der Waals surface area contributed by atoms with Gasteiger partial charge in [0.05, 0.1) is 13.2 Å². The van der Waals surface area contributed by atoms with Crippen LogP contribution in [0.5, 0.6) is 5.75 Å². The van der Waals surface area contributed by atoms with E-state index in [4.69, 9.17) is 4.74 Å². The lowest BCUT2D eigenvalue weighted by Crippen LogP contribution is -2.26. The fraction of sp³-hybridized carbons (Fsp3) is 0.111. The SMILES string of the molecule is COc1ccccc1C(C#N)NC(=O)C=Cc1c(F)cccc1F. The van der Waals surface area contributed by atoms with E-state index >= 15 is 0 Å². The summed E-state index contributed by atoms with van der Waals surface area (Å²) < 4.78 is 32.2. The normalized spacial score (nSPS) is 11.8. The van der Waals surface area contributed by atoms with E-state index in [1.807, 2.05) is 6.07 Å². The predicted molar refractivity (Wildman–Crippen MR) is 84.9 cm³/mol. The van der Waals surface area contributed by atoms with Crippen molar-refractivity contribution in [2.45, 2.75) is 6.04 Å². The number of amides is 1.